The fraction of sp³-hybridized carbons (Fsp3) is 0.923. The lowest BCUT2D eigenvalue weighted by Crippen LogP contribution is -2.57. The predicted octanol–water partition coefficient (Wildman–Crippen LogP) is -1.54. The lowest BCUT2D eigenvalue weighted by atomic mass is 10.1. The fourth-order valence-corrected chi connectivity index (χ4v) is 2.94. The van der Waals surface area contributed by atoms with Gasteiger partial charge in [0.25, 0.3) is 0 Å². The highest BCUT2D eigenvalue weighted by Crippen LogP contribution is 2.09. The molecule has 0 aromatic rings. The highest BCUT2D eigenvalue weighted by molar-refractivity contribution is 5.82. The first-order chi connectivity index (χ1) is 9.20. The van der Waals surface area contributed by atoms with Crippen LogP contribution in [0, 0.1) is 0 Å². The molecule has 6 nitrogen and oxygen atoms in total. The van der Waals surface area contributed by atoms with E-state index in [9.17, 15) is 9.90 Å². The highest BCUT2D eigenvalue weighted by Gasteiger charge is 2.29. The Balaban J connectivity index is 1.79. The minimum Gasteiger partial charge on any atom is -0.390 e. The van der Waals surface area contributed by atoms with Gasteiger partial charge in [0.15, 0.2) is 0 Å². The van der Waals surface area contributed by atoms with Crippen molar-refractivity contribution in [2.45, 2.75) is 25.5 Å². The van der Waals surface area contributed by atoms with Gasteiger partial charge in [-0.25, -0.2) is 0 Å². The second-order valence-corrected chi connectivity index (χ2v) is 5.41. The summed E-state index contributed by atoms with van der Waals surface area (Å²) in [4.78, 5) is 16.2. The second-order valence-electron chi connectivity index (χ2n) is 5.41. The van der Waals surface area contributed by atoms with Gasteiger partial charge in [0.2, 0.25) is 5.91 Å². The Labute approximate surface area is 115 Å². The molecule has 0 bridgehead atoms. The van der Waals surface area contributed by atoms with Crippen LogP contribution in [0.25, 0.3) is 0 Å². The van der Waals surface area contributed by atoms with Gasteiger partial charge in [0.05, 0.1) is 12.1 Å². The van der Waals surface area contributed by atoms with Crippen molar-refractivity contribution in [3.05, 3.63) is 0 Å². The minimum absolute atomic E-state index is 0.0774. The number of nitrogens with zero attached hydrogens (tertiary/aromatic N) is 2. The van der Waals surface area contributed by atoms with E-state index in [1.807, 2.05) is 6.92 Å². The average Bonchev–Trinajstić information content (AvgIpc) is 2.40. The zero-order valence-electron chi connectivity index (χ0n) is 11.8. The van der Waals surface area contributed by atoms with Crippen LogP contribution in [-0.2, 0) is 4.79 Å². The lowest BCUT2D eigenvalue weighted by molar-refractivity contribution is -0.129. The van der Waals surface area contributed by atoms with Crippen LogP contribution in [-0.4, -0.2) is 85.3 Å². The number of aliphatic hydroxyl groups excluding tert-OH is 1. The van der Waals surface area contributed by atoms with E-state index in [2.05, 4.69) is 20.4 Å². The normalized spacial score (nSPS) is 28.1. The number of hydrogen-bond acceptors (Lipinski definition) is 5. The summed E-state index contributed by atoms with van der Waals surface area (Å²) < 4.78 is 0. The van der Waals surface area contributed by atoms with Crippen LogP contribution >= 0.6 is 0 Å². The topological polar surface area (TPSA) is 67.8 Å². The molecule has 1 amide bonds. The predicted molar refractivity (Wildman–Crippen MR) is 74.0 cm³/mol. The van der Waals surface area contributed by atoms with Gasteiger partial charge in [-0.15, -0.1) is 0 Å². The molecule has 2 saturated heterocycles. The molecule has 2 heterocycles. The molecule has 2 rings (SSSR count). The maximum atomic E-state index is 11.8. The molecule has 0 aliphatic carbocycles. The summed E-state index contributed by atoms with van der Waals surface area (Å²) in [6, 6.07) is -0.0774. The summed E-state index contributed by atoms with van der Waals surface area (Å²) in [6.07, 6.45) is 0.421. The van der Waals surface area contributed by atoms with E-state index in [4.69, 9.17) is 0 Å². The van der Waals surface area contributed by atoms with Gasteiger partial charge >= 0.3 is 0 Å². The van der Waals surface area contributed by atoms with Crippen LogP contribution in [0.5, 0.6) is 0 Å². The second kappa shape index (κ2) is 7.19. The summed E-state index contributed by atoms with van der Waals surface area (Å²) >= 11 is 0. The summed E-state index contributed by atoms with van der Waals surface area (Å²) in [5.74, 6) is 0.100. The van der Waals surface area contributed by atoms with Gasteiger partial charge in [-0.05, 0) is 6.42 Å². The van der Waals surface area contributed by atoms with Gasteiger partial charge in [-0.1, -0.05) is 6.92 Å². The Morgan fingerprint density at radius 3 is 2.68 bits per heavy atom. The van der Waals surface area contributed by atoms with Gasteiger partial charge in [0.1, 0.15) is 0 Å². The summed E-state index contributed by atoms with van der Waals surface area (Å²) in [6.45, 7) is 8.83. The van der Waals surface area contributed by atoms with Crippen molar-refractivity contribution < 1.29 is 9.90 Å². The Kier molecular flexibility index (Phi) is 5.57. The van der Waals surface area contributed by atoms with Gasteiger partial charge in [-0.2, -0.15) is 0 Å². The Morgan fingerprint density at radius 1 is 1.26 bits per heavy atom. The number of β-amino-alcohol motifs (C(OH)–C–C–N with tert-alkyl or cyclic N) is 1. The maximum absolute atomic E-state index is 11.8. The van der Waals surface area contributed by atoms with Gasteiger partial charge in [-0.3, -0.25) is 14.6 Å². The monoisotopic (exact) mass is 270 g/mol. The fourth-order valence-electron chi connectivity index (χ4n) is 2.94. The molecule has 2 fully saturated rings. The molecule has 3 N–H and O–H groups in total. The molecule has 2 unspecified atom stereocenters. The van der Waals surface area contributed by atoms with Crippen LogP contribution < -0.4 is 10.6 Å². The van der Waals surface area contributed by atoms with Crippen molar-refractivity contribution in [2.24, 2.45) is 0 Å². The van der Waals surface area contributed by atoms with Crippen LogP contribution in [0.1, 0.15) is 13.3 Å². The first kappa shape index (κ1) is 14.7. The molecule has 2 aliphatic rings. The quantitative estimate of drug-likeness (QED) is 0.565. The molecule has 2 aliphatic heterocycles. The molecule has 19 heavy (non-hydrogen) atoms. The van der Waals surface area contributed by atoms with Gasteiger partial charge < -0.3 is 15.7 Å². The third-order valence-corrected chi connectivity index (χ3v) is 3.95. The molecular formula is C13H26N4O2. The van der Waals surface area contributed by atoms with E-state index >= 15 is 0 Å². The van der Waals surface area contributed by atoms with Crippen molar-refractivity contribution in [3.63, 3.8) is 0 Å². The number of aliphatic hydroxyl groups is 1. The molecular weight excluding hydrogens is 244 g/mol. The standard InChI is InChI=1S/C13H26N4O2/c1-2-12-13(19)15-5-8-17(12)10-11(18)9-16-6-3-14-4-7-16/h11-12,14,18H,2-10H2,1H3,(H,15,19). The molecule has 0 aromatic carbocycles. The number of carbonyl (C=O) groups excluding carboxylic acids is 1. The maximum Gasteiger partial charge on any atom is 0.237 e. The number of rotatable bonds is 5. The van der Waals surface area contributed by atoms with E-state index in [1.54, 1.807) is 0 Å². The van der Waals surface area contributed by atoms with E-state index < -0.39 is 0 Å². The van der Waals surface area contributed by atoms with E-state index in [0.717, 1.165) is 39.1 Å². The minimum atomic E-state index is -0.377. The van der Waals surface area contributed by atoms with E-state index in [0.29, 0.717) is 19.6 Å². The number of hydrogen-bond donors (Lipinski definition) is 3. The van der Waals surface area contributed by atoms with E-state index in [-0.39, 0.29) is 18.1 Å². The van der Waals surface area contributed by atoms with Crippen LogP contribution in [0.3, 0.4) is 0 Å². The van der Waals surface area contributed by atoms with Crippen molar-refractivity contribution in [2.75, 3.05) is 52.4 Å². The number of nitrogens with one attached hydrogen (secondary N) is 2. The largest absolute Gasteiger partial charge is 0.390 e. The Bertz CT molecular complexity index is 294. The zero-order chi connectivity index (χ0) is 13.7. The highest BCUT2D eigenvalue weighted by atomic mass is 16.3. The van der Waals surface area contributed by atoms with Crippen molar-refractivity contribution in [1.82, 2.24) is 20.4 Å². The number of carbonyl (C=O) groups is 1. The lowest BCUT2D eigenvalue weighted by Gasteiger charge is -2.37. The third kappa shape index (κ3) is 4.14. The Morgan fingerprint density at radius 2 is 2.00 bits per heavy atom. The Hall–Kier alpha value is -0.690. The first-order valence-electron chi connectivity index (χ1n) is 7.33. The van der Waals surface area contributed by atoms with Crippen molar-refractivity contribution >= 4 is 5.91 Å². The van der Waals surface area contributed by atoms with E-state index in [1.165, 1.54) is 0 Å². The molecule has 0 saturated carbocycles. The van der Waals surface area contributed by atoms with Crippen LogP contribution in [0.2, 0.25) is 0 Å². The molecule has 110 valence electrons. The molecule has 0 aromatic heterocycles. The molecule has 0 spiro atoms. The summed E-state index contributed by atoms with van der Waals surface area (Å²) in [5.41, 5.74) is 0. The smallest absolute Gasteiger partial charge is 0.237 e. The zero-order valence-corrected chi connectivity index (χ0v) is 11.8. The third-order valence-electron chi connectivity index (χ3n) is 3.95. The first-order valence-corrected chi connectivity index (χ1v) is 7.33. The average molecular weight is 270 g/mol. The van der Waals surface area contributed by atoms with Crippen LogP contribution in [0.4, 0.5) is 0 Å². The summed E-state index contributed by atoms with van der Waals surface area (Å²) in [5, 5.41) is 16.4. The molecule has 6 heteroatoms. The molecule has 2 atom stereocenters. The molecule has 0 radical (unpaired) electrons. The van der Waals surface area contributed by atoms with Crippen molar-refractivity contribution in [3.8, 4) is 0 Å². The summed E-state index contributed by atoms with van der Waals surface area (Å²) in [7, 11) is 0. The van der Waals surface area contributed by atoms with Crippen molar-refractivity contribution in [1.29, 1.82) is 0 Å². The SMILES string of the molecule is CCC1C(=O)NCCN1CC(O)CN1CCNCC1. The van der Waals surface area contributed by atoms with Gasteiger partial charge in [0, 0.05) is 52.4 Å². The van der Waals surface area contributed by atoms with Crippen LogP contribution in [0.15, 0.2) is 0 Å². The number of amides is 1. The number of piperazine rings is 2.